The summed E-state index contributed by atoms with van der Waals surface area (Å²) < 4.78 is 22.1. The minimum atomic E-state index is -0.149. The molecule has 0 aliphatic carbocycles. The number of carbonyl (C=O) groups is 1. The van der Waals surface area contributed by atoms with Crippen molar-refractivity contribution in [2.24, 2.45) is 5.92 Å². The Morgan fingerprint density at radius 3 is 2.81 bits per heavy atom. The van der Waals surface area contributed by atoms with E-state index in [2.05, 4.69) is 10.1 Å². The van der Waals surface area contributed by atoms with Crippen LogP contribution >= 0.6 is 0 Å². The quantitative estimate of drug-likeness (QED) is 0.638. The first-order valence-corrected chi connectivity index (χ1v) is 11.0. The molecule has 1 atom stereocenters. The summed E-state index contributed by atoms with van der Waals surface area (Å²) >= 11 is 0. The van der Waals surface area contributed by atoms with Crippen LogP contribution in [0.15, 0.2) is 34.9 Å². The third-order valence-corrected chi connectivity index (χ3v) is 6.21. The summed E-state index contributed by atoms with van der Waals surface area (Å²) in [7, 11) is 1.61. The Kier molecular flexibility index (Phi) is 7.32. The molecule has 2 saturated heterocycles. The van der Waals surface area contributed by atoms with E-state index in [9.17, 15) is 4.79 Å². The summed E-state index contributed by atoms with van der Waals surface area (Å²) in [4.78, 5) is 18.8. The smallest absolute Gasteiger partial charge is 0.252 e. The van der Waals surface area contributed by atoms with Gasteiger partial charge in [0.15, 0.2) is 5.82 Å². The Labute approximate surface area is 182 Å². The molecule has 8 heteroatoms. The molecule has 0 radical (unpaired) electrons. The maximum absolute atomic E-state index is 12.5. The van der Waals surface area contributed by atoms with Crippen LogP contribution in [-0.2, 0) is 38.6 Å². The number of methoxy groups -OCH3 is 1. The zero-order valence-corrected chi connectivity index (χ0v) is 18.1. The van der Waals surface area contributed by atoms with Crippen LogP contribution < -0.4 is 0 Å². The van der Waals surface area contributed by atoms with Crippen molar-refractivity contribution in [3.63, 3.8) is 0 Å². The number of nitrogens with zero attached hydrogens (tertiary/aromatic N) is 3. The Morgan fingerprint density at radius 1 is 1.23 bits per heavy atom. The van der Waals surface area contributed by atoms with Crippen molar-refractivity contribution in [1.29, 1.82) is 0 Å². The Morgan fingerprint density at radius 2 is 2.03 bits per heavy atom. The van der Waals surface area contributed by atoms with Crippen LogP contribution in [0.4, 0.5) is 0 Å². The summed E-state index contributed by atoms with van der Waals surface area (Å²) in [5.41, 5.74) is 0.925. The molecule has 31 heavy (non-hydrogen) atoms. The first kappa shape index (κ1) is 21.9. The first-order valence-electron chi connectivity index (χ1n) is 11.0. The number of hydrogen-bond donors (Lipinski definition) is 0. The maximum Gasteiger partial charge on any atom is 0.252 e. The number of piperidine rings is 1. The molecule has 0 saturated carbocycles. The van der Waals surface area contributed by atoms with Crippen molar-refractivity contribution < 1.29 is 23.5 Å². The number of hydrogen-bond acceptors (Lipinski definition) is 7. The van der Waals surface area contributed by atoms with Crippen LogP contribution in [0.5, 0.6) is 0 Å². The number of ether oxygens (including phenoxy) is 3. The van der Waals surface area contributed by atoms with Gasteiger partial charge in [0, 0.05) is 33.2 Å². The second kappa shape index (κ2) is 10.3. The van der Waals surface area contributed by atoms with Gasteiger partial charge in [0.1, 0.15) is 13.2 Å². The molecule has 1 amide bonds. The summed E-state index contributed by atoms with van der Waals surface area (Å²) in [6.45, 7) is 3.07. The number of rotatable bonds is 8. The summed E-state index contributed by atoms with van der Waals surface area (Å²) in [6.07, 6.45) is 4.46. The number of likely N-dealkylation sites (tertiary alicyclic amines) is 1. The molecule has 1 aromatic heterocycles. The molecule has 4 rings (SSSR count). The van der Waals surface area contributed by atoms with Crippen molar-refractivity contribution in [1.82, 2.24) is 15.0 Å². The second-order valence-corrected chi connectivity index (χ2v) is 8.49. The van der Waals surface area contributed by atoms with Gasteiger partial charge in [-0.15, -0.1) is 0 Å². The van der Waals surface area contributed by atoms with Crippen molar-refractivity contribution in [3.8, 4) is 0 Å². The van der Waals surface area contributed by atoms with E-state index in [-0.39, 0.29) is 18.1 Å². The van der Waals surface area contributed by atoms with Crippen LogP contribution in [0.2, 0.25) is 0 Å². The molecule has 168 valence electrons. The highest BCUT2D eigenvalue weighted by molar-refractivity contribution is 5.77. The van der Waals surface area contributed by atoms with E-state index in [1.165, 1.54) is 0 Å². The summed E-state index contributed by atoms with van der Waals surface area (Å²) in [5.74, 6) is 1.76. The zero-order valence-electron chi connectivity index (χ0n) is 18.1. The van der Waals surface area contributed by atoms with Gasteiger partial charge >= 0.3 is 0 Å². The van der Waals surface area contributed by atoms with E-state index in [4.69, 9.17) is 18.7 Å². The van der Waals surface area contributed by atoms with Gasteiger partial charge in [-0.2, -0.15) is 4.98 Å². The molecule has 3 heterocycles. The normalized spacial score (nSPS) is 20.8. The lowest BCUT2D eigenvalue weighted by Gasteiger charge is -2.46. The summed E-state index contributed by atoms with van der Waals surface area (Å²) in [5, 5.41) is 4.07. The van der Waals surface area contributed by atoms with Crippen molar-refractivity contribution in [2.45, 2.75) is 50.9 Å². The van der Waals surface area contributed by atoms with Gasteiger partial charge in [-0.05, 0) is 37.2 Å². The maximum atomic E-state index is 12.5. The minimum Gasteiger partial charge on any atom is -0.375 e. The van der Waals surface area contributed by atoms with Crippen LogP contribution in [0.3, 0.4) is 0 Å². The topological polar surface area (TPSA) is 86.9 Å². The number of carbonyl (C=O) groups excluding carboxylic acids is 1. The van der Waals surface area contributed by atoms with Gasteiger partial charge in [0.05, 0.1) is 12.2 Å². The standard InChI is InChI=1S/C23H31N3O5/c1-28-16-21-24-20(25-31-21)13-19-7-12-30-23(14-19)8-10-26(11-9-23)22(27)17-29-15-18-5-3-2-4-6-18/h2-6,19H,7-17H2,1H3. The Bertz CT molecular complexity index is 833. The molecule has 2 aromatic rings. The van der Waals surface area contributed by atoms with Gasteiger partial charge in [-0.25, -0.2) is 0 Å². The van der Waals surface area contributed by atoms with E-state index in [0.29, 0.717) is 38.1 Å². The van der Waals surface area contributed by atoms with E-state index in [0.717, 1.165) is 50.1 Å². The molecule has 2 aliphatic rings. The van der Waals surface area contributed by atoms with E-state index >= 15 is 0 Å². The molecule has 1 unspecified atom stereocenters. The van der Waals surface area contributed by atoms with Crippen molar-refractivity contribution >= 4 is 5.91 Å². The highest BCUT2D eigenvalue weighted by atomic mass is 16.5. The zero-order chi connectivity index (χ0) is 21.5. The number of amides is 1. The van der Waals surface area contributed by atoms with Gasteiger partial charge in [0.2, 0.25) is 5.91 Å². The molecular weight excluding hydrogens is 398 g/mol. The monoisotopic (exact) mass is 429 g/mol. The van der Waals surface area contributed by atoms with Gasteiger partial charge in [0.25, 0.3) is 5.89 Å². The molecule has 1 aromatic carbocycles. The fraction of sp³-hybridized carbons (Fsp3) is 0.609. The predicted molar refractivity (Wildman–Crippen MR) is 112 cm³/mol. The predicted octanol–water partition coefficient (Wildman–Crippen LogP) is 2.76. The highest BCUT2D eigenvalue weighted by Gasteiger charge is 2.41. The van der Waals surface area contributed by atoms with E-state index in [1.807, 2.05) is 35.2 Å². The summed E-state index contributed by atoms with van der Waals surface area (Å²) in [6, 6.07) is 9.91. The number of aromatic nitrogens is 2. The molecule has 0 N–H and O–H groups in total. The average Bonchev–Trinajstić information content (AvgIpc) is 3.22. The molecule has 2 fully saturated rings. The van der Waals surface area contributed by atoms with Crippen LogP contribution in [0.1, 0.15) is 43.0 Å². The van der Waals surface area contributed by atoms with Gasteiger partial charge in [-0.1, -0.05) is 35.5 Å². The largest absolute Gasteiger partial charge is 0.375 e. The Balaban J connectivity index is 1.22. The molecule has 8 nitrogen and oxygen atoms in total. The van der Waals surface area contributed by atoms with Gasteiger partial charge < -0.3 is 23.6 Å². The lowest BCUT2D eigenvalue weighted by Crippen LogP contribution is -2.51. The van der Waals surface area contributed by atoms with Crippen LogP contribution in [0, 0.1) is 5.92 Å². The van der Waals surface area contributed by atoms with Crippen LogP contribution in [0.25, 0.3) is 0 Å². The fourth-order valence-corrected chi connectivity index (χ4v) is 4.55. The molecular formula is C23H31N3O5. The van der Waals surface area contributed by atoms with E-state index < -0.39 is 0 Å². The van der Waals surface area contributed by atoms with E-state index in [1.54, 1.807) is 7.11 Å². The number of benzene rings is 1. The average molecular weight is 430 g/mol. The minimum absolute atomic E-state index is 0.0515. The molecule has 1 spiro atoms. The molecule has 2 aliphatic heterocycles. The van der Waals surface area contributed by atoms with Crippen molar-refractivity contribution in [2.75, 3.05) is 33.4 Å². The lowest BCUT2D eigenvalue weighted by atomic mass is 9.78. The lowest BCUT2D eigenvalue weighted by molar-refractivity contribution is -0.151. The third-order valence-electron chi connectivity index (χ3n) is 6.21. The first-order chi connectivity index (χ1) is 15.2. The SMILES string of the molecule is COCc1nc(CC2CCOC3(CCN(C(=O)COCc4ccccc4)CC3)C2)no1. The third kappa shape index (κ3) is 5.90. The van der Waals surface area contributed by atoms with Gasteiger partial charge in [-0.3, -0.25) is 4.79 Å². The van der Waals surface area contributed by atoms with Crippen LogP contribution in [-0.4, -0.2) is 60.0 Å². The molecule has 0 bridgehead atoms. The highest BCUT2D eigenvalue weighted by Crippen LogP contribution is 2.38. The second-order valence-electron chi connectivity index (χ2n) is 8.49. The van der Waals surface area contributed by atoms with Crippen molar-refractivity contribution in [3.05, 3.63) is 47.6 Å². The fourth-order valence-electron chi connectivity index (χ4n) is 4.55. The Hall–Kier alpha value is -2.29.